The molecule has 3 rings (SSSR count). The van der Waals surface area contributed by atoms with Crippen LogP contribution in [0.2, 0.25) is 0 Å². The normalized spacial score (nSPS) is 38.0. The van der Waals surface area contributed by atoms with Crippen molar-refractivity contribution in [3.63, 3.8) is 0 Å². The molecule has 0 aromatic rings. The average Bonchev–Trinajstić information content (AvgIpc) is 3.04. The molecule has 3 aliphatic carbocycles. The molecule has 32 heavy (non-hydrogen) atoms. The van der Waals surface area contributed by atoms with E-state index in [1.165, 1.54) is 31.3 Å². The van der Waals surface area contributed by atoms with Crippen LogP contribution in [0.1, 0.15) is 86.5 Å². The first-order chi connectivity index (χ1) is 14.8. The highest BCUT2D eigenvalue weighted by molar-refractivity contribution is 5.38. The van der Waals surface area contributed by atoms with Gasteiger partial charge >= 0.3 is 0 Å². The highest BCUT2D eigenvalue weighted by atomic mass is 16.3. The van der Waals surface area contributed by atoms with E-state index in [-0.39, 0.29) is 5.41 Å². The van der Waals surface area contributed by atoms with Gasteiger partial charge in [0.1, 0.15) is 0 Å². The highest BCUT2D eigenvalue weighted by Crippen LogP contribution is 2.59. The Morgan fingerprint density at radius 2 is 1.81 bits per heavy atom. The Labute approximate surface area is 196 Å². The maximum absolute atomic E-state index is 10.5. The molecule has 180 valence electrons. The topological polar surface area (TPSA) is 60.7 Å². The molecule has 0 aromatic carbocycles. The molecule has 3 N–H and O–H groups in total. The summed E-state index contributed by atoms with van der Waals surface area (Å²) in [4.78, 5) is 0. The van der Waals surface area contributed by atoms with Crippen molar-refractivity contribution >= 4 is 0 Å². The summed E-state index contributed by atoms with van der Waals surface area (Å²) in [6.07, 6.45) is 15.0. The van der Waals surface area contributed by atoms with Crippen molar-refractivity contribution in [2.45, 2.75) is 104 Å². The Morgan fingerprint density at radius 3 is 2.47 bits per heavy atom. The summed E-state index contributed by atoms with van der Waals surface area (Å²) in [7, 11) is 0. The van der Waals surface area contributed by atoms with Gasteiger partial charge in [-0.3, -0.25) is 0 Å². The minimum Gasteiger partial charge on any atom is -0.393 e. The van der Waals surface area contributed by atoms with Crippen LogP contribution in [-0.4, -0.2) is 33.1 Å². The van der Waals surface area contributed by atoms with E-state index < -0.39 is 17.8 Å². The van der Waals surface area contributed by atoms with Gasteiger partial charge in [-0.25, -0.2) is 0 Å². The van der Waals surface area contributed by atoms with Gasteiger partial charge in [-0.15, -0.1) is 0 Å². The second-order valence-corrected chi connectivity index (χ2v) is 12.2. The number of fused-ring (bicyclic) bond motifs is 1. The van der Waals surface area contributed by atoms with Gasteiger partial charge in [0.15, 0.2) is 0 Å². The molecule has 3 heteroatoms. The molecule has 0 spiro atoms. The second-order valence-electron chi connectivity index (χ2n) is 12.2. The first-order valence-corrected chi connectivity index (χ1v) is 12.6. The van der Waals surface area contributed by atoms with Crippen LogP contribution in [0.5, 0.6) is 0 Å². The highest BCUT2D eigenvalue weighted by Gasteiger charge is 2.50. The van der Waals surface area contributed by atoms with Crippen LogP contribution in [0, 0.1) is 28.6 Å². The molecule has 0 radical (unpaired) electrons. The molecule has 0 amide bonds. The molecule has 3 saturated carbocycles. The number of allylic oxidation sites excluding steroid dienone is 4. The zero-order chi connectivity index (χ0) is 23.9. The van der Waals surface area contributed by atoms with E-state index >= 15 is 0 Å². The lowest BCUT2D eigenvalue weighted by molar-refractivity contribution is -0.00785. The standard InChI is InChI=1S/C29H46O3/c1-19(14-16-27(3,4)28(5,6)32)24-12-13-25-21(9-8-15-29(24,25)7)10-11-22-17-23(30)18-26(31)20(22)2/h10-11,14,16,19,23-26,30-32H,2,8-9,12-13,15,17-18H2,1,3-7H3/b16-14+,21-10+,22-11-/t19-,23-,24-,25+,26+,29-/m1/s1. The maximum Gasteiger partial charge on any atom is 0.0811 e. The molecule has 6 atom stereocenters. The minimum absolute atomic E-state index is 0.262. The van der Waals surface area contributed by atoms with E-state index in [4.69, 9.17) is 0 Å². The summed E-state index contributed by atoms with van der Waals surface area (Å²) < 4.78 is 0. The Balaban J connectivity index is 1.78. The molecule has 0 bridgehead atoms. The van der Waals surface area contributed by atoms with Crippen LogP contribution < -0.4 is 0 Å². The predicted molar refractivity (Wildman–Crippen MR) is 133 cm³/mol. The van der Waals surface area contributed by atoms with Crippen molar-refractivity contribution in [2.24, 2.45) is 28.6 Å². The summed E-state index contributed by atoms with van der Waals surface area (Å²) in [6.45, 7) is 16.9. The van der Waals surface area contributed by atoms with Gasteiger partial charge in [0.05, 0.1) is 17.8 Å². The fraction of sp³-hybridized carbons (Fsp3) is 0.724. The second kappa shape index (κ2) is 9.24. The molecule has 0 heterocycles. The molecule has 0 aromatic heterocycles. The number of hydrogen-bond acceptors (Lipinski definition) is 3. The van der Waals surface area contributed by atoms with Crippen molar-refractivity contribution in [1.82, 2.24) is 0 Å². The lowest BCUT2D eigenvalue weighted by Gasteiger charge is -2.44. The van der Waals surface area contributed by atoms with Crippen molar-refractivity contribution in [3.05, 3.63) is 47.6 Å². The Morgan fingerprint density at radius 1 is 1.12 bits per heavy atom. The van der Waals surface area contributed by atoms with Crippen molar-refractivity contribution < 1.29 is 15.3 Å². The smallest absolute Gasteiger partial charge is 0.0811 e. The van der Waals surface area contributed by atoms with Gasteiger partial charge in [-0.1, -0.05) is 64.2 Å². The molecule has 0 aliphatic heterocycles. The number of rotatable bonds is 5. The third-order valence-electron chi connectivity index (χ3n) is 9.33. The van der Waals surface area contributed by atoms with Gasteiger partial charge in [0, 0.05) is 11.8 Å². The van der Waals surface area contributed by atoms with Crippen molar-refractivity contribution in [3.8, 4) is 0 Å². The fourth-order valence-electron chi connectivity index (χ4n) is 6.34. The summed E-state index contributed by atoms with van der Waals surface area (Å²) >= 11 is 0. The Kier molecular flexibility index (Phi) is 7.35. The predicted octanol–water partition coefficient (Wildman–Crippen LogP) is 6.12. The summed E-state index contributed by atoms with van der Waals surface area (Å²) in [5, 5.41) is 30.7. The van der Waals surface area contributed by atoms with E-state index in [2.05, 4.69) is 58.6 Å². The molecule has 0 unspecified atom stereocenters. The van der Waals surface area contributed by atoms with Crippen LogP contribution in [0.25, 0.3) is 0 Å². The largest absolute Gasteiger partial charge is 0.393 e. The minimum atomic E-state index is -0.746. The quantitative estimate of drug-likeness (QED) is 0.450. The van der Waals surface area contributed by atoms with E-state index in [1.54, 1.807) is 0 Å². The van der Waals surface area contributed by atoms with Crippen molar-refractivity contribution in [2.75, 3.05) is 0 Å². The first kappa shape index (κ1) is 25.5. The van der Waals surface area contributed by atoms with Crippen LogP contribution >= 0.6 is 0 Å². The Hall–Kier alpha value is -1.16. The van der Waals surface area contributed by atoms with E-state index in [0.29, 0.717) is 36.0 Å². The summed E-state index contributed by atoms with van der Waals surface area (Å²) in [6, 6.07) is 0. The van der Waals surface area contributed by atoms with Gasteiger partial charge in [-0.2, -0.15) is 0 Å². The monoisotopic (exact) mass is 442 g/mol. The summed E-state index contributed by atoms with van der Waals surface area (Å²) in [5.41, 5.74) is 2.59. The van der Waals surface area contributed by atoms with Crippen LogP contribution in [0.15, 0.2) is 47.6 Å². The SMILES string of the molecule is C=C1/C(=C\C=C2/CCC[C@]3(C)[C@@H]([C@H](C)/C=C/C(C)(C)C(C)(C)O)CC[C@@H]23)C[C@@H](O)C[C@@H]1O. The van der Waals surface area contributed by atoms with Crippen LogP contribution in [-0.2, 0) is 0 Å². The van der Waals surface area contributed by atoms with Crippen LogP contribution in [0.3, 0.4) is 0 Å². The lowest BCUT2D eigenvalue weighted by atomic mass is 9.61. The maximum atomic E-state index is 10.5. The Bertz CT molecular complexity index is 794. The van der Waals surface area contributed by atoms with E-state index in [0.717, 1.165) is 17.6 Å². The van der Waals surface area contributed by atoms with Gasteiger partial charge in [-0.05, 0) is 86.7 Å². The number of aliphatic hydroxyl groups excluding tert-OH is 2. The van der Waals surface area contributed by atoms with Gasteiger partial charge < -0.3 is 15.3 Å². The number of aliphatic hydroxyl groups is 3. The molecule has 3 fully saturated rings. The molecule has 3 aliphatic rings. The third kappa shape index (κ3) is 5.00. The fourth-order valence-corrected chi connectivity index (χ4v) is 6.34. The van der Waals surface area contributed by atoms with Gasteiger partial charge in [0.25, 0.3) is 0 Å². The first-order valence-electron chi connectivity index (χ1n) is 12.6. The average molecular weight is 443 g/mol. The summed E-state index contributed by atoms with van der Waals surface area (Å²) in [5.74, 6) is 1.72. The van der Waals surface area contributed by atoms with E-state index in [9.17, 15) is 15.3 Å². The van der Waals surface area contributed by atoms with Crippen LogP contribution in [0.4, 0.5) is 0 Å². The van der Waals surface area contributed by atoms with Crippen molar-refractivity contribution in [1.29, 1.82) is 0 Å². The zero-order valence-corrected chi connectivity index (χ0v) is 21.2. The van der Waals surface area contributed by atoms with Gasteiger partial charge in [0.2, 0.25) is 0 Å². The molecule has 0 saturated heterocycles. The zero-order valence-electron chi connectivity index (χ0n) is 21.2. The number of hydrogen-bond donors (Lipinski definition) is 3. The molecular weight excluding hydrogens is 396 g/mol. The third-order valence-corrected chi connectivity index (χ3v) is 9.33. The lowest BCUT2D eigenvalue weighted by Crippen LogP contribution is -2.38. The van der Waals surface area contributed by atoms with E-state index in [1.807, 2.05) is 13.8 Å². The molecular formula is C29H46O3. The molecule has 3 nitrogen and oxygen atoms in total.